The molecular formula is C26H21BrO8. The second-order valence-corrected chi connectivity index (χ2v) is 8.01. The highest BCUT2D eigenvalue weighted by atomic mass is 79.9. The van der Waals surface area contributed by atoms with Gasteiger partial charge >= 0.3 is 17.9 Å². The van der Waals surface area contributed by atoms with Crippen molar-refractivity contribution < 1.29 is 38.5 Å². The monoisotopic (exact) mass is 540 g/mol. The minimum absolute atomic E-state index is 0.138. The molecule has 0 saturated carbocycles. The highest BCUT2D eigenvalue weighted by Crippen LogP contribution is 2.21. The van der Waals surface area contributed by atoms with Gasteiger partial charge in [-0.1, -0.05) is 54.6 Å². The summed E-state index contributed by atoms with van der Waals surface area (Å²) in [6.07, 6.45) is -4.94. The molecule has 0 aliphatic rings. The fourth-order valence-corrected chi connectivity index (χ4v) is 3.44. The Hall–Kier alpha value is -3.82. The van der Waals surface area contributed by atoms with Gasteiger partial charge in [-0.15, -0.1) is 0 Å². The molecule has 0 aromatic heterocycles. The number of halogens is 1. The van der Waals surface area contributed by atoms with Crippen LogP contribution < -0.4 is 0 Å². The summed E-state index contributed by atoms with van der Waals surface area (Å²) in [6, 6.07) is 23.6. The van der Waals surface area contributed by atoms with Crippen LogP contribution >= 0.6 is 15.9 Å². The Balaban J connectivity index is 1.92. The number of rotatable bonds is 10. The van der Waals surface area contributed by atoms with Crippen LogP contribution in [0.5, 0.6) is 0 Å². The average Bonchev–Trinajstić information content (AvgIpc) is 2.90. The van der Waals surface area contributed by atoms with Gasteiger partial charge in [0.05, 0.1) is 23.3 Å². The molecule has 3 aromatic rings. The molecule has 35 heavy (non-hydrogen) atoms. The number of carbonyl (C=O) groups is 4. The Morgan fingerprint density at radius 3 is 1.37 bits per heavy atom. The maximum Gasteiger partial charge on any atom is 0.339 e. The number of esters is 3. The van der Waals surface area contributed by atoms with Crippen molar-refractivity contribution in [3.63, 3.8) is 0 Å². The molecule has 0 aliphatic carbocycles. The van der Waals surface area contributed by atoms with Gasteiger partial charge in [-0.2, -0.15) is 0 Å². The molecule has 0 spiro atoms. The van der Waals surface area contributed by atoms with E-state index >= 15 is 0 Å². The first-order chi connectivity index (χ1) is 16.9. The zero-order valence-electron chi connectivity index (χ0n) is 18.3. The van der Waals surface area contributed by atoms with Gasteiger partial charge in [0.2, 0.25) is 10.8 Å². The van der Waals surface area contributed by atoms with Gasteiger partial charge in [0.15, 0.2) is 12.2 Å². The zero-order chi connectivity index (χ0) is 25.2. The number of ether oxygens (including phenoxy) is 3. The molecule has 3 atom stereocenters. The fourth-order valence-electron chi connectivity index (χ4n) is 3.09. The molecule has 0 aliphatic heterocycles. The van der Waals surface area contributed by atoms with Crippen LogP contribution in [0.1, 0.15) is 31.1 Å². The molecule has 0 fully saturated rings. The second-order valence-electron chi connectivity index (χ2n) is 7.22. The van der Waals surface area contributed by atoms with Gasteiger partial charge in [0, 0.05) is 0 Å². The zero-order valence-corrected chi connectivity index (χ0v) is 19.9. The quantitative estimate of drug-likeness (QED) is 0.235. The minimum atomic E-state index is -1.74. The lowest BCUT2D eigenvalue weighted by atomic mass is 10.1. The van der Waals surface area contributed by atoms with E-state index < -0.39 is 47.5 Å². The first-order valence-electron chi connectivity index (χ1n) is 10.5. The first-order valence-corrected chi connectivity index (χ1v) is 11.3. The van der Waals surface area contributed by atoms with Crippen LogP contribution in [0.3, 0.4) is 0 Å². The van der Waals surface area contributed by atoms with Crippen LogP contribution in [0.4, 0.5) is 0 Å². The Labute approximate surface area is 209 Å². The summed E-state index contributed by atoms with van der Waals surface area (Å²) in [6.45, 7) is -0.828. The lowest BCUT2D eigenvalue weighted by Crippen LogP contribution is -2.49. The smallest absolute Gasteiger partial charge is 0.339 e. The predicted octanol–water partition coefficient (Wildman–Crippen LogP) is 3.58. The summed E-state index contributed by atoms with van der Waals surface area (Å²) in [7, 11) is 0. The molecule has 0 amide bonds. The van der Waals surface area contributed by atoms with Crippen molar-refractivity contribution in [2.24, 2.45) is 0 Å². The van der Waals surface area contributed by atoms with Crippen molar-refractivity contribution in [2.75, 3.05) is 6.61 Å². The summed E-state index contributed by atoms with van der Waals surface area (Å²) in [5.74, 6) is -2.59. The maximum atomic E-state index is 12.8. The van der Waals surface area contributed by atoms with Crippen molar-refractivity contribution in [2.45, 2.75) is 18.3 Å². The third kappa shape index (κ3) is 7.08. The number of hydrogen-bond donors (Lipinski definition) is 1. The normalized spacial score (nSPS) is 13.1. The van der Waals surface area contributed by atoms with E-state index in [1.54, 1.807) is 54.6 Å². The van der Waals surface area contributed by atoms with Gasteiger partial charge in [-0.05, 0) is 52.3 Å². The van der Waals surface area contributed by atoms with E-state index in [1.165, 1.54) is 36.4 Å². The topological polar surface area (TPSA) is 116 Å². The molecule has 0 radical (unpaired) electrons. The van der Waals surface area contributed by atoms with Crippen molar-refractivity contribution in [3.8, 4) is 0 Å². The molecule has 0 bridgehead atoms. The maximum absolute atomic E-state index is 12.8. The number of aliphatic hydroxyl groups excluding tert-OH is 1. The summed E-state index contributed by atoms with van der Waals surface area (Å²) in [5.41, 5.74) is 0.446. The Morgan fingerprint density at radius 1 is 0.629 bits per heavy atom. The molecular weight excluding hydrogens is 520 g/mol. The van der Waals surface area contributed by atoms with Crippen LogP contribution in [-0.4, -0.2) is 52.6 Å². The Morgan fingerprint density at radius 2 is 1.00 bits per heavy atom. The van der Waals surface area contributed by atoms with Crippen LogP contribution in [0.15, 0.2) is 91.0 Å². The lowest BCUT2D eigenvalue weighted by Gasteiger charge is -2.30. The Bertz CT molecular complexity index is 1150. The second kappa shape index (κ2) is 12.6. The van der Waals surface area contributed by atoms with Crippen molar-refractivity contribution in [3.05, 3.63) is 108 Å². The number of hydrogen-bond acceptors (Lipinski definition) is 8. The molecule has 0 unspecified atom stereocenters. The minimum Gasteiger partial charge on any atom is -0.452 e. The van der Waals surface area contributed by atoms with E-state index in [-0.39, 0.29) is 16.7 Å². The van der Waals surface area contributed by atoms with Crippen molar-refractivity contribution in [1.82, 2.24) is 0 Å². The molecule has 0 heterocycles. The van der Waals surface area contributed by atoms with Crippen molar-refractivity contribution in [1.29, 1.82) is 0 Å². The molecule has 3 rings (SSSR count). The summed E-state index contributed by atoms with van der Waals surface area (Å²) in [4.78, 5) is 50.6. The van der Waals surface area contributed by atoms with E-state index in [4.69, 9.17) is 14.2 Å². The standard InChI is InChI=1S/C26H21BrO8/c27-23(29)22(35-26(32)19-14-8-3-9-15-19)21(34-25(31)18-12-6-2-7-13-18)20(16-28)33-24(30)17-10-4-1-5-11-17/h1-15,20-22,28H,16H2/t20-,21-,22-/m0/s1. The number of benzene rings is 3. The molecule has 1 N–H and O–H groups in total. The fraction of sp³-hybridized carbons (Fsp3) is 0.154. The average molecular weight is 541 g/mol. The largest absolute Gasteiger partial charge is 0.452 e. The molecule has 8 nitrogen and oxygen atoms in total. The van der Waals surface area contributed by atoms with E-state index in [9.17, 15) is 24.3 Å². The van der Waals surface area contributed by atoms with Gasteiger partial charge in [-0.25, -0.2) is 14.4 Å². The SMILES string of the molecule is O=C(O[C@@H]([C@H](CO)OC(=O)c1ccccc1)[C@H](OC(=O)c1ccccc1)C(=O)Br)c1ccccc1. The number of aliphatic hydroxyl groups is 1. The predicted molar refractivity (Wildman–Crippen MR) is 128 cm³/mol. The van der Waals surface area contributed by atoms with Crippen LogP contribution in [0.25, 0.3) is 0 Å². The van der Waals surface area contributed by atoms with Gasteiger partial charge < -0.3 is 19.3 Å². The van der Waals surface area contributed by atoms with Gasteiger partial charge in [0.25, 0.3) is 0 Å². The molecule has 9 heteroatoms. The van der Waals surface area contributed by atoms with Crippen LogP contribution in [0, 0.1) is 0 Å². The van der Waals surface area contributed by atoms with E-state index in [2.05, 4.69) is 15.9 Å². The highest BCUT2D eigenvalue weighted by molar-refractivity contribution is 9.18. The summed E-state index contributed by atoms with van der Waals surface area (Å²) >= 11 is 2.77. The first kappa shape index (κ1) is 25.8. The van der Waals surface area contributed by atoms with E-state index in [0.29, 0.717) is 0 Å². The van der Waals surface area contributed by atoms with Gasteiger partial charge in [0.1, 0.15) is 0 Å². The molecule has 3 aromatic carbocycles. The van der Waals surface area contributed by atoms with Crippen LogP contribution in [-0.2, 0) is 19.0 Å². The lowest BCUT2D eigenvalue weighted by molar-refractivity contribution is -0.134. The van der Waals surface area contributed by atoms with E-state index in [0.717, 1.165) is 0 Å². The molecule has 180 valence electrons. The summed E-state index contributed by atoms with van der Waals surface area (Å²) < 4.78 is 15.3. The third-order valence-electron chi connectivity index (χ3n) is 4.83. The van der Waals surface area contributed by atoms with Gasteiger partial charge in [-0.3, -0.25) is 4.79 Å². The highest BCUT2D eigenvalue weighted by Gasteiger charge is 2.42. The third-order valence-corrected chi connectivity index (χ3v) is 5.28. The molecule has 0 saturated heterocycles. The Kier molecular flexibility index (Phi) is 9.28. The van der Waals surface area contributed by atoms with Crippen LogP contribution in [0.2, 0.25) is 0 Å². The number of carbonyl (C=O) groups excluding carboxylic acids is 4. The van der Waals surface area contributed by atoms with Crippen molar-refractivity contribution >= 4 is 38.5 Å². The van der Waals surface area contributed by atoms with E-state index in [1.807, 2.05) is 0 Å². The summed E-state index contributed by atoms with van der Waals surface area (Å²) in [5, 5.41) is 10.0.